The Hall–Kier alpha value is -1.14. The number of nitrogens with zero attached hydrogens (tertiary/aromatic N) is 2. The molecule has 0 spiro atoms. The van der Waals surface area contributed by atoms with Gasteiger partial charge in [0.2, 0.25) is 0 Å². The van der Waals surface area contributed by atoms with E-state index in [9.17, 15) is 4.79 Å². The molecule has 120 valence electrons. The van der Waals surface area contributed by atoms with Gasteiger partial charge < -0.3 is 15.0 Å². The molecule has 1 rings (SSSR count). The molecular weight excluding hydrogens is 286 g/mol. The number of nitrogens with one attached hydrogen (secondary N) is 1. The molecule has 1 aromatic heterocycles. The summed E-state index contributed by atoms with van der Waals surface area (Å²) in [7, 11) is 3.46. The molecule has 0 aliphatic rings. The molecule has 0 aliphatic heterocycles. The van der Waals surface area contributed by atoms with Crippen LogP contribution in [0.4, 0.5) is 4.79 Å². The number of carbonyl (C=O) groups is 1. The molecule has 1 heterocycles. The molecule has 0 radical (unpaired) electrons. The Bertz CT molecular complexity index is 454. The molecule has 6 heteroatoms. The Morgan fingerprint density at radius 1 is 1.52 bits per heavy atom. The minimum Gasteiger partial charge on any atom is -0.385 e. The van der Waals surface area contributed by atoms with Crippen LogP contribution in [0.25, 0.3) is 0 Å². The van der Waals surface area contributed by atoms with Crippen molar-refractivity contribution in [1.82, 2.24) is 15.2 Å². The second-order valence-electron chi connectivity index (χ2n) is 6.26. The van der Waals surface area contributed by atoms with Crippen LogP contribution in [0, 0.1) is 0 Å². The second kappa shape index (κ2) is 7.75. The molecule has 1 aromatic rings. The van der Waals surface area contributed by atoms with Gasteiger partial charge in [-0.2, -0.15) is 0 Å². The predicted octanol–water partition coefficient (Wildman–Crippen LogP) is 3.18. The fourth-order valence-corrected chi connectivity index (χ4v) is 2.79. The first-order valence-electron chi connectivity index (χ1n) is 7.22. The number of aromatic nitrogens is 1. The van der Waals surface area contributed by atoms with Crippen LogP contribution in [0.3, 0.4) is 0 Å². The molecule has 0 bridgehead atoms. The smallest absolute Gasteiger partial charge is 0.317 e. The Morgan fingerprint density at radius 3 is 2.71 bits per heavy atom. The highest BCUT2D eigenvalue weighted by atomic mass is 32.1. The van der Waals surface area contributed by atoms with Crippen LogP contribution in [0.15, 0.2) is 5.38 Å². The third-order valence-electron chi connectivity index (χ3n) is 3.19. The van der Waals surface area contributed by atoms with Crippen LogP contribution < -0.4 is 5.32 Å². The number of amides is 2. The lowest BCUT2D eigenvalue weighted by molar-refractivity contribution is 0.174. The fraction of sp³-hybridized carbons (Fsp3) is 0.733. The van der Waals surface area contributed by atoms with E-state index in [1.54, 1.807) is 30.4 Å². The predicted molar refractivity (Wildman–Crippen MR) is 86.9 cm³/mol. The zero-order valence-electron chi connectivity index (χ0n) is 13.9. The molecule has 21 heavy (non-hydrogen) atoms. The van der Waals surface area contributed by atoms with E-state index < -0.39 is 0 Å². The highest BCUT2D eigenvalue weighted by Crippen LogP contribution is 2.26. The third-order valence-corrected chi connectivity index (χ3v) is 4.22. The van der Waals surface area contributed by atoms with Crippen LogP contribution in [0.1, 0.15) is 50.9 Å². The molecule has 1 atom stereocenters. The van der Waals surface area contributed by atoms with Crippen molar-refractivity contribution < 1.29 is 9.53 Å². The Morgan fingerprint density at radius 2 is 2.19 bits per heavy atom. The Kier molecular flexibility index (Phi) is 6.61. The van der Waals surface area contributed by atoms with Gasteiger partial charge in [-0.25, -0.2) is 9.78 Å². The average Bonchev–Trinajstić information content (AvgIpc) is 2.88. The van der Waals surface area contributed by atoms with Crippen LogP contribution in [0.2, 0.25) is 0 Å². The number of carbonyl (C=O) groups excluding carboxylic acids is 1. The molecule has 0 fully saturated rings. The summed E-state index contributed by atoms with van der Waals surface area (Å²) in [6.45, 7) is 9.72. The standard InChI is InChI=1S/C15H27N3O2S/c1-11(13-17-12(10-21-13)15(2,3)4)16-14(19)18(5)8-7-9-20-6/h10-11H,7-9H2,1-6H3,(H,16,19)/t11-/m0/s1. The van der Waals surface area contributed by atoms with Crippen molar-refractivity contribution in [1.29, 1.82) is 0 Å². The fourth-order valence-electron chi connectivity index (χ4n) is 1.74. The van der Waals surface area contributed by atoms with Gasteiger partial charge in [0, 0.05) is 38.1 Å². The average molecular weight is 313 g/mol. The zero-order chi connectivity index (χ0) is 16.0. The molecule has 5 nitrogen and oxygen atoms in total. The summed E-state index contributed by atoms with van der Waals surface area (Å²) in [4.78, 5) is 18.4. The molecule has 0 saturated carbocycles. The molecule has 0 aliphatic carbocycles. The van der Waals surface area contributed by atoms with Gasteiger partial charge in [0.15, 0.2) is 0 Å². The van der Waals surface area contributed by atoms with Crippen molar-refractivity contribution >= 4 is 17.4 Å². The van der Waals surface area contributed by atoms with E-state index in [0.717, 1.165) is 17.1 Å². The lowest BCUT2D eigenvalue weighted by Crippen LogP contribution is -2.39. The van der Waals surface area contributed by atoms with Crippen molar-refractivity contribution in [3.63, 3.8) is 0 Å². The molecule has 0 saturated heterocycles. The minimum atomic E-state index is -0.0801. The van der Waals surface area contributed by atoms with Crippen LogP contribution in [0.5, 0.6) is 0 Å². The number of hydrogen-bond donors (Lipinski definition) is 1. The minimum absolute atomic E-state index is 0.0371. The SMILES string of the molecule is COCCCN(C)C(=O)N[C@@H](C)c1nc(C(C)(C)C)cs1. The van der Waals surface area contributed by atoms with E-state index in [2.05, 4.69) is 36.5 Å². The monoisotopic (exact) mass is 313 g/mol. The number of ether oxygens (including phenoxy) is 1. The number of rotatable bonds is 6. The first kappa shape index (κ1) is 17.9. The lowest BCUT2D eigenvalue weighted by atomic mass is 9.93. The van der Waals surface area contributed by atoms with E-state index in [-0.39, 0.29) is 17.5 Å². The van der Waals surface area contributed by atoms with Crippen molar-refractivity contribution in [2.24, 2.45) is 0 Å². The van der Waals surface area contributed by atoms with Crippen LogP contribution >= 0.6 is 11.3 Å². The van der Waals surface area contributed by atoms with Gasteiger partial charge in [-0.1, -0.05) is 20.8 Å². The van der Waals surface area contributed by atoms with Gasteiger partial charge >= 0.3 is 6.03 Å². The van der Waals surface area contributed by atoms with Gasteiger partial charge in [0.25, 0.3) is 0 Å². The maximum atomic E-state index is 12.1. The Balaban J connectivity index is 2.54. The van der Waals surface area contributed by atoms with E-state index in [4.69, 9.17) is 4.74 Å². The highest BCUT2D eigenvalue weighted by Gasteiger charge is 2.21. The van der Waals surface area contributed by atoms with Gasteiger partial charge in [-0.05, 0) is 13.3 Å². The summed E-state index contributed by atoms with van der Waals surface area (Å²) in [6, 6.07) is -0.158. The van der Waals surface area contributed by atoms with E-state index >= 15 is 0 Å². The third kappa shape index (κ3) is 5.63. The summed E-state index contributed by atoms with van der Waals surface area (Å²) in [5, 5.41) is 5.99. The quantitative estimate of drug-likeness (QED) is 0.821. The Labute approximate surface area is 131 Å². The summed E-state index contributed by atoms with van der Waals surface area (Å²) < 4.78 is 4.99. The van der Waals surface area contributed by atoms with Crippen LogP contribution in [-0.4, -0.2) is 43.2 Å². The molecule has 1 N–H and O–H groups in total. The topological polar surface area (TPSA) is 54.5 Å². The number of urea groups is 1. The molecule has 0 aromatic carbocycles. The van der Waals surface area contributed by atoms with Gasteiger partial charge in [-0.3, -0.25) is 0 Å². The molecular formula is C15H27N3O2S. The largest absolute Gasteiger partial charge is 0.385 e. The van der Waals surface area contributed by atoms with Gasteiger partial charge in [-0.15, -0.1) is 11.3 Å². The van der Waals surface area contributed by atoms with E-state index in [1.165, 1.54) is 0 Å². The van der Waals surface area contributed by atoms with Gasteiger partial charge in [0.1, 0.15) is 5.01 Å². The van der Waals surface area contributed by atoms with Gasteiger partial charge in [0.05, 0.1) is 11.7 Å². The van der Waals surface area contributed by atoms with Crippen molar-refractivity contribution in [3.8, 4) is 0 Å². The van der Waals surface area contributed by atoms with Crippen molar-refractivity contribution in [3.05, 3.63) is 16.1 Å². The van der Waals surface area contributed by atoms with E-state index in [1.807, 2.05) is 6.92 Å². The number of methoxy groups -OCH3 is 1. The maximum Gasteiger partial charge on any atom is 0.317 e. The zero-order valence-corrected chi connectivity index (χ0v) is 14.7. The number of hydrogen-bond acceptors (Lipinski definition) is 4. The first-order valence-corrected chi connectivity index (χ1v) is 8.10. The van der Waals surface area contributed by atoms with E-state index in [0.29, 0.717) is 13.2 Å². The second-order valence-corrected chi connectivity index (χ2v) is 7.15. The maximum absolute atomic E-state index is 12.1. The summed E-state index contributed by atoms with van der Waals surface area (Å²) in [6.07, 6.45) is 0.834. The first-order chi connectivity index (χ1) is 9.75. The molecule has 0 unspecified atom stereocenters. The summed E-state index contributed by atoms with van der Waals surface area (Å²) in [5.41, 5.74) is 1.10. The summed E-state index contributed by atoms with van der Waals surface area (Å²) >= 11 is 1.60. The normalized spacial score (nSPS) is 13.0. The molecule has 2 amide bonds. The highest BCUT2D eigenvalue weighted by molar-refractivity contribution is 7.09. The van der Waals surface area contributed by atoms with Crippen LogP contribution in [-0.2, 0) is 10.2 Å². The number of thiazole rings is 1. The van der Waals surface area contributed by atoms with Crippen molar-refractivity contribution in [2.75, 3.05) is 27.3 Å². The van der Waals surface area contributed by atoms with Crippen molar-refractivity contribution in [2.45, 2.75) is 45.6 Å². The lowest BCUT2D eigenvalue weighted by Gasteiger charge is -2.20. The summed E-state index contributed by atoms with van der Waals surface area (Å²) in [5.74, 6) is 0.